The smallest absolute Gasteiger partial charge is 0.242 e. The third-order valence-corrected chi connectivity index (χ3v) is 3.75. The highest BCUT2D eigenvalue weighted by Crippen LogP contribution is 2.23. The topological polar surface area (TPSA) is 36.4 Å². The van der Waals surface area contributed by atoms with Gasteiger partial charge >= 0.3 is 0 Å². The van der Waals surface area contributed by atoms with Crippen LogP contribution in [0.25, 0.3) is 0 Å². The quantitative estimate of drug-likeness (QED) is 0.767. The molecule has 0 N–H and O–H groups in total. The van der Waals surface area contributed by atoms with Crippen LogP contribution >= 0.6 is 11.6 Å². The molecule has 2 heterocycles. The van der Waals surface area contributed by atoms with Crippen molar-refractivity contribution in [1.82, 2.24) is 14.8 Å². The molecule has 0 atom stereocenters. The monoisotopic (exact) mass is 267 g/mol. The van der Waals surface area contributed by atoms with Gasteiger partial charge in [0.1, 0.15) is 5.15 Å². The Bertz CT molecular complexity index is 444. The van der Waals surface area contributed by atoms with Gasteiger partial charge < -0.3 is 4.90 Å². The molecule has 4 nitrogen and oxygen atoms in total. The molecule has 1 aliphatic rings. The molecule has 0 unspecified atom stereocenters. The second-order valence-electron chi connectivity index (χ2n) is 5.20. The number of rotatable bonds is 2. The molecule has 5 heteroatoms. The van der Waals surface area contributed by atoms with Crippen molar-refractivity contribution in [3.8, 4) is 0 Å². The number of nitrogens with zero attached hydrogens (tertiary/aromatic N) is 3. The van der Waals surface area contributed by atoms with E-state index in [2.05, 4.69) is 9.88 Å². The second kappa shape index (κ2) is 4.86. The van der Waals surface area contributed by atoms with Gasteiger partial charge in [-0.3, -0.25) is 9.69 Å². The van der Waals surface area contributed by atoms with E-state index in [0.717, 1.165) is 25.2 Å². The van der Waals surface area contributed by atoms with Crippen LogP contribution < -0.4 is 0 Å². The molecule has 0 bridgehead atoms. The molecule has 1 aliphatic heterocycles. The van der Waals surface area contributed by atoms with E-state index in [-0.39, 0.29) is 5.91 Å². The fourth-order valence-corrected chi connectivity index (χ4v) is 2.36. The summed E-state index contributed by atoms with van der Waals surface area (Å²) in [7, 11) is 1.85. The van der Waals surface area contributed by atoms with Gasteiger partial charge in [0.05, 0.1) is 5.54 Å². The second-order valence-corrected chi connectivity index (χ2v) is 5.58. The van der Waals surface area contributed by atoms with E-state index in [1.807, 2.05) is 27.0 Å². The first kappa shape index (κ1) is 13.3. The Labute approximate surface area is 113 Å². The van der Waals surface area contributed by atoms with E-state index >= 15 is 0 Å². The van der Waals surface area contributed by atoms with Crippen molar-refractivity contribution >= 4 is 17.5 Å². The molecule has 98 valence electrons. The van der Waals surface area contributed by atoms with Crippen molar-refractivity contribution in [1.29, 1.82) is 0 Å². The highest BCUT2D eigenvalue weighted by atomic mass is 35.5. The van der Waals surface area contributed by atoms with E-state index in [0.29, 0.717) is 5.15 Å². The number of piperazine rings is 1. The van der Waals surface area contributed by atoms with E-state index in [9.17, 15) is 4.79 Å². The summed E-state index contributed by atoms with van der Waals surface area (Å²) in [5.74, 6) is 0.163. The van der Waals surface area contributed by atoms with Crippen LogP contribution in [0.5, 0.6) is 0 Å². The van der Waals surface area contributed by atoms with E-state index in [1.165, 1.54) is 0 Å². The van der Waals surface area contributed by atoms with Crippen LogP contribution in [0.1, 0.15) is 19.4 Å². The highest BCUT2D eigenvalue weighted by molar-refractivity contribution is 6.29. The molecule has 0 saturated carbocycles. The average molecular weight is 268 g/mol. The lowest BCUT2D eigenvalue weighted by atomic mass is 9.97. The molecule has 1 fully saturated rings. The van der Waals surface area contributed by atoms with Crippen LogP contribution in [0, 0.1) is 0 Å². The van der Waals surface area contributed by atoms with Crippen LogP contribution in [0.15, 0.2) is 18.3 Å². The Hall–Kier alpha value is -1.13. The van der Waals surface area contributed by atoms with Gasteiger partial charge in [0.2, 0.25) is 5.91 Å². The fraction of sp³-hybridized carbons (Fsp3) is 0.538. The van der Waals surface area contributed by atoms with E-state index in [4.69, 9.17) is 11.6 Å². The molecule has 0 spiro atoms. The molecule has 18 heavy (non-hydrogen) atoms. The molecular formula is C13H18ClN3O. The van der Waals surface area contributed by atoms with Gasteiger partial charge in [-0.2, -0.15) is 0 Å². The first-order valence-corrected chi connectivity index (χ1v) is 6.40. The first-order chi connectivity index (χ1) is 8.41. The largest absolute Gasteiger partial charge is 0.343 e. The average Bonchev–Trinajstić information content (AvgIpc) is 2.33. The Balaban J connectivity index is 2.14. The summed E-state index contributed by atoms with van der Waals surface area (Å²) < 4.78 is 0. The zero-order valence-corrected chi connectivity index (χ0v) is 11.7. The predicted molar refractivity (Wildman–Crippen MR) is 71.4 cm³/mol. The van der Waals surface area contributed by atoms with Crippen molar-refractivity contribution < 1.29 is 4.79 Å². The summed E-state index contributed by atoms with van der Waals surface area (Å²) >= 11 is 5.77. The van der Waals surface area contributed by atoms with Crippen molar-refractivity contribution in [3.05, 3.63) is 29.0 Å². The predicted octanol–water partition coefficient (Wildman–Crippen LogP) is 1.79. The lowest BCUT2D eigenvalue weighted by molar-refractivity contribution is -0.147. The molecule has 1 aromatic rings. The maximum absolute atomic E-state index is 12.1. The summed E-state index contributed by atoms with van der Waals surface area (Å²) in [5, 5.41) is 0.493. The Morgan fingerprint density at radius 2 is 2.11 bits per heavy atom. The molecule has 0 radical (unpaired) electrons. The highest BCUT2D eigenvalue weighted by Gasteiger charge is 2.40. The minimum atomic E-state index is -0.466. The number of amides is 1. The van der Waals surface area contributed by atoms with Crippen LogP contribution in [-0.4, -0.2) is 46.4 Å². The number of carbonyl (C=O) groups is 1. The van der Waals surface area contributed by atoms with Crippen molar-refractivity contribution in [3.63, 3.8) is 0 Å². The lowest BCUT2D eigenvalue weighted by Gasteiger charge is -2.44. The summed E-state index contributed by atoms with van der Waals surface area (Å²) in [5.41, 5.74) is 0.608. The number of pyridine rings is 1. The molecule has 1 saturated heterocycles. The van der Waals surface area contributed by atoms with Crippen LogP contribution in [0.4, 0.5) is 0 Å². The molecule has 1 aromatic heterocycles. The zero-order valence-electron chi connectivity index (χ0n) is 11.0. The fourth-order valence-electron chi connectivity index (χ4n) is 2.25. The van der Waals surface area contributed by atoms with Gasteiger partial charge in [0.25, 0.3) is 0 Å². The summed E-state index contributed by atoms with van der Waals surface area (Å²) in [6.45, 7) is 6.29. The summed E-state index contributed by atoms with van der Waals surface area (Å²) in [6, 6.07) is 3.73. The minimum Gasteiger partial charge on any atom is -0.343 e. The third kappa shape index (κ3) is 2.49. The van der Waals surface area contributed by atoms with Crippen molar-refractivity contribution in [2.24, 2.45) is 0 Å². The summed E-state index contributed by atoms with van der Waals surface area (Å²) in [6.07, 6.45) is 1.77. The van der Waals surface area contributed by atoms with Crippen LogP contribution in [0.3, 0.4) is 0 Å². The van der Waals surface area contributed by atoms with E-state index in [1.54, 1.807) is 17.2 Å². The number of hydrogen-bond donors (Lipinski definition) is 0. The number of aromatic nitrogens is 1. The third-order valence-electron chi connectivity index (χ3n) is 3.53. The Morgan fingerprint density at radius 3 is 2.72 bits per heavy atom. The lowest BCUT2D eigenvalue weighted by Crippen LogP contribution is -2.61. The molecular weight excluding hydrogens is 250 g/mol. The van der Waals surface area contributed by atoms with E-state index < -0.39 is 5.54 Å². The van der Waals surface area contributed by atoms with Gasteiger partial charge in [0.15, 0.2) is 0 Å². The zero-order chi connectivity index (χ0) is 13.3. The SMILES string of the molecule is CN1CCN(Cc2ccc(Cl)nc2)C(C)(C)C1=O. The molecule has 1 amide bonds. The van der Waals surface area contributed by atoms with Gasteiger partial charge in [0, 0.05) is 32.9 Å². The van der Waals surface area contributed by atoms with Gasteiger partial charge in [-0.15, -0.1) is 0 Å². The van der Waals surface area contributed by atoms with Crippen LogP contribution in [0.2, 0.25) is 5.15 Å². The maximum Gasteiger partial charge on any atom is 0.242 e. The normalized spacial score (nSPS) is 20.2. The minimum absolute atomic E-state index is 0.163. The maximum atomic E-state index is 12.1. The summed E-state index contributed by atoms with van der Waals surface area (Å²) in [4.78, 5) is 20.2. The number of likely N-dealkylation sites (N-methyl/N-ethyl adjacent to an activating group) is 1. The van der Waals surface area contributed by atoms with Gasteiger partial charge in [-0.05, 0) is 25.5 Å². The number of halogens is 1. The van der Waals surface area contributed by atoms with Crippen LogP contribution in [-0.2, 0) is 11.3 Å². The van der Waals surface area contributed by atoms with Gasteiger partial charge in [-0.25, -0.2) is 4.98 Å². The van der Waals surface area contributed by atoms with Gasteiger partial charge in [-0.1, -0.05) is 17.7 Å². The standard InChI is InChI=1S/C13H18ClN3O/c1-13(2)12(18)16(3)6-7-17(13)9-10-4-5-11(14)15-8-10/h4-5,8H,6-7,9H2,1-3H3. The van der Waals surface area contributed by atoms with Crippen molar-refractivity contribution in [2.45, 2.75) is 25.9 Å². The first-order valence-electron chi connectivity index (χ1n) is 6.02. The number of hydrogen-bond acceptors (Lipinski definition) is 3. The Morgan fingerprint density at radius 1 is 1.39 bits per heavy atom. The molecule has 2 rings (SSSR count). The number of carbonyl (C=O) groups excluding carboxylic acids is 1. The Kier molecular flexibility index (Phi) is 3.59. The molecule has 0 aliphatic carbocycles. The molecule has 0 aromatic carbocycles. The van der Waals surface area contributed by atoms with Crippen molar-refractivity contribution in [2.75, 3.05) is 20.1 Å².